The van der Waals surface area contributed by atoms with Crippen LogP contribution in [0.1, 0.15) is 24.5 Å². The summed E-state index contributed by atoms with van der Waals surface area (Å²) in [5.41, 5.74) is 2.24. The van der Waals surface area contributed by atoms with E-state index in [1.807, 2.05) is 6.07 Å². The maximum absolute atomic E-state index is 13.4. The minimum Gasteiger partial charge on any atom is -0.358 e. The summed E-state index contributed by atoms with van der Waals surface area (Å²) < 4.78 is 13.9. The monoisotopic (exact) mass is 296 g/mol. The van der Waals surface area contributed by atoms with Gasteiger partial charge < -0.3 is 10.3 Å². The molecule has 0 radical (unpaired) electrons. The molecule has 2 nitrogen and oxygen atoms in total. The van der Waals surface area contributed by atoms with Crippen molar-refractivity contribution in [3.05, 3.63) is 34.2 Å². The van der Waals surface area contributed by atoms with Crippen LogP contribution in [0.25, 0.3) is 10.9 Å². The largest absolute Gasteiger partial charge is 0.358 e. The van der Waals surface area contributed by atoms with E-state index in [1.165, 1.54) is 5.69 Å². The molecule has 2 aromatic rings. The Morgan fingerprint density at radius 1 is 1.18 bits per heavy atom. The van der Waals surface area contributed by atoms with Gasteiger partial charge in [-0.05, 0) is 60.1 Å². The minimum atomic E-state index is -0.201. The smallest absolute Gasteiger partial charge is 0.138 e. The molecule has 17 heavy (non-hydrogen) atoms. The van der Waals surface area contributed by atoms with E-state index in [0.717, 1.165) is 36.8 Å². The molecule has 1 aromatic carbocycles. The first-order valence-electron chi connectivity index (χ1n) is 5.92. The molecule has 0 amide bonds. The van der Waals surface area contributed by atoms with Gasteiger partial charge in [-0.3, -0.25) is 0 Å². The van der Waals surface area contributed by atoms with Crippen LogP contribution in [0.3, 0.4) is 0 Å². The van der Waals surface area contributed by atoms with E-state index in [1.54, 1.807) is 6.07 Å². The van der Waals surface area contributed by atoms with Gasteiger partial charge in [-0.25, -0.2) is 4.39 Å². The van der Waals surface area contributed by atoms with Crippen molar-refractivity contribution in [3.8, 4) is 0 Å². The molecular weight excluding hydrogens is 283 g/mol. The van der Waals surface area contributed by atoms with Crippen LogP contribution in [-0.4, -0.2) is 18.1 Å². The molecule has 0 spiro atoms. The molecule has 4 heteroatoms. The molecule has 0 unspecified atom stereocenters. The Kier molecular flexibility index (Phi) is 2.92. The van der Waals surface area contributed by atoms with Gasteiger partial charge in [-0.2, -0.15) is 0 Å². The maximum Gasteiger partial charge on any atom is 0.138 e. The van der Waals surface area contributed by atoms with Crippen molar-refractivity contribution in [2.24, 2.45) is 0 Å². The van der Waals surface area contributed by atoms with E-state index in [2.05, 4.69) is 32.3 Å². The van der Waals surface area contributed by atoms with Crippen molar-refractivity contribution >= 4 is 26.8 Å². The number of benzene rings is 1. The Morgan fingerprint density at radius 3 is 2.71 bits per heavy atom. The molecular formula is C13H14BrFN2. The third-order valence-corrected chi connectivity index (χ3v) is 4.07. The first-order chi connectivity index (χ1) is 8.24. The molecule has 2 N–H and O–H groups in total. The molecule has 0 atom stereocenters. The second kappa shape index (κ2) is 4.42. The highest BCUT2D eigenvalue weighted by Crippen LogP contribution is 2.30. The summed E-state index contributed by atoms with van der Waals surface area (Å²) in [5, 5.41) is 4.31. The number of aromatic nitrogens is 1. The normalized spacial score (nSPS) is 17.8. The lowest BCUT2D eigenvalue weighted by Crippen LogP contribution is -2.26. The van der Waals surface area contributed by atoms with E-state index >= 15 is 0 Å². The van der Waals surface area contributed by atoms with Crippen molar-refractivity contribution in [1.82, 2.24) is 10.3 Å². The summed E-state index contributed by atoms with van der Waals surface area (Å²) in [7, 11) is 0. The minimum absolute atomic E-state index is 0.201. The zero-order valence-electron chi connectivity index (χ0n) is 9.39. The zero-order chi connectivity index (χ0) is 11.8. The van der Waals surface area contributed by atoms with Crippen molar-refractivity contribution in [2.75, 3.05) is 13.1 Å². The van der Waals surface area contributed by atoms with Crippen LogP contribution in [0, 0.1) is 5.82 Å². The van der Waals surface area contributed by atoms with Gasteiger partial charge in [0, 0.05) is 22.5 Å². The number of aromatic amines is 1. The predicted molar refractivity (Wildman–Crippen MR) is 70.8 cm³/mol. The summed E-state index contributed by atoms with van der Waals surface area (Å²) in [6.07, 6.45) is 2.30. The number of halogens is 2. The molecule has 90 valence electrons. The number of H-pyrrole nitrogens is 1. The lowest BCUT2D eigenvalue weighted by molar-refractivity contribution is 0.455. The fraction of sp³-hybridized carbons (Fsp3) is 0.385. The lowest BCUT2D eigenvalue weighted by atomic mass is 9.95. The lowest BCUT2D eigenvalue weighted by Gasteiger charge is -2.21. The van der Waals surface area contributed by atoms with Crippen molar-refractivity contribution in [1.29, 1.82) is 0 Å². The highest BCUT2D eigenvalue weighted by atomic mass is 79.9. The van der Waals surface area contributed by atoms with E-state index in [0.29, 0.717) is 10.4 Å². The number of hydrogen-bond donors (Lipinski definition) is 2. The van der Waals surface area contributed by atoms with E-state index < -0.39 is 0 Å². The van der Waals surface area contributed by atoms with Crippen molar-refractivity contribution in [2.45, 2.75) is 18.8 Å². The third-order valence-electron chi connectivity index (χ3n) is 3.46. The van der Waals surface area contributed by atoms with Crippen molar-refractivity contribution < 1.29 is 4.39 Å². The molecule has 1 aromatic heterocycles. The van der Waals surface area contributed by atoms with Gasteiger partial charge in [0.25, 0.3) is 0 Å². The van der Waals surface area contributed by atoms with Crippen LogP contribution in [-0.2, 0) is 0 Å². The molecule has 0 saturated carbocycles. The Morgan fingerprint density at radius 2 is 1.94 bits per heavy atom. The van der Waals surface area contributed by atoms with Gasteiger partial charge in [0.15, 0.2) is 0 Å². The second-order valence-corrected chi connectivity index (χ2v) is 5.46. The van der Waals surface area contributed by atoms with E-state index in [9.17, 15) is 4.39 Å². The first-order valence-corrected chi connectivity index (χ1v) is 6.72. The molecule has 1 saturated heterocycles. The Balaban J connectivity index is 2.00. The number of hydrogen-bond acceptors (Lipinski definition) is 1. The summed E-state index contributed by atoms with van der Waals surface area (Å²) >= 11 is 3.22. The molecule has 3 rings (SSSR count). The molecule has 0 aliphatic carbocycles. The fourth-order valence-corrected chi connectivity index (χ4v) is 2.85. The zero-order valence-corrected chi connectivity index (χ0v) is 11.0. The van der Waals surface area contributed by atoms with Crippen LogP contribution in [0.4, 0.5) is 4.39 Å². The molecule has 1 fully saturated rings. The Labute approximate surface area is 108 Å². The van der Waals surface area contributed by atoms with Crippen LogP contribution < -0.4 is 5.32 Å². The van der Waals surface area contributed by atoms with Gasteiger partial charge >= 0.3 is 0 Å². The molecule has 1 aliphatic heterocycles. The number of nitrogens with one attached hydrogen (secondary N) is 2. The quantitative estimate of drug-likeness (QED) is 0.828. The summed E-state index contributed by atoms with van der Waals surface area (Å²) in [5.74, 6) is 0.374. The van der Waals surface area contributed by atoms with Crippen LogP contribution >= 0.6 is 15.9 Å². The first kappa shape index (κ1) is 11.2. The predicted octanol–water partition coefficient (Wildman–Crippen LogP) is 3.54. The van der Waals surface area contributed by atoms with E-state index in [-0.39, 0.29) is 5.82 Å². The highest BCUT2D eigenvalue weighted by Gasteiger charge is 2.17. The van der Waals surface area contributed by atoms with Gasteiger partial charge in [0.2, 0.25) is 0 Å². The summed E-state index contributed by atoms with van der Waals surface area (Å²) in [6, 6.07) is 5.48. The number of fused-ring (bicyclic) bond motifs is 1. The Bertz CT molecular complexity index is 505. The van der Waals surface area contributed by atoms with E-state index in [4.69, 9.17) is 0 Å². The van der Waals surface area contributed by atoms with Crippen LogP contribution in [0.5, 0.6) is 0 Å². The second-order valence-electron chi connectivity index (χ2n) is 4.60. The van der Waals surface area contributed by atoms with Gasteiger partial charge in [0.1, 0.15) is 5.82 Å². The standard InChI is InChI=1S/C13H14BrFN2/c14-10-7-13-9(5-11(10)15)6-12(17-13)8-1-3-16-4-2-8/h5-8,16-17H,1-4H2. The van der Waals surface area contributed by atoms with Gasteiger partial charge in [-0.15, -0.1) is 0 Å². The maximum atomic E-state index is 13.4. The molecule has 1 aliphatic rings. The van der Waals surface area contributed by atoms with Crippen LogP contribution in [0.2, 0.25) is 0 Å². The fourth-order valence-electron chi connectivity index (χ4n) is 2.50. The van der Waals surface area contributed by atoms with Gasteiger partial charge in [0.05, 0.1) is 4.47 Å². The molecule has 2 heterocycles. The SMILES string of the molecule is Fc1cc2cc(C3CCNCC3)[nH]c2cc1Br. The van der Waals surface area contributed by atoms with Gasteiger partial charge in [-0.1, -0.05) is 0 Å². The summed E-state index contributed by atoms with van der Waals surface area (Å²) in [4.78, 5) is 3.41. The Hall–Kier alpha value is -0.870. The average Bonchev–Trinajstić information content (AvgIpc) is 2.74. The summed E-state index contributed by atoms with van der Waals surface area (Å²) in [6.45, 7) is 2.14. The number of piperidine rings is 1. The molecule has 0 bridgehead atoms. The average molecular weight is 297 g/mol. The third kappa shape index (κ3) is 2.11. The van der Waals surface area contributed by atoms with Crippen molar-refractivity contribution in [3.63, 3.8) is 0 Å². The highest BCUT2D eigenvalue weighted by molar-refractivity contribution is 9.10. The topological polar surface area (TPSA) is 27.8 Å². The van der Waals surface area contributed by atoms with Crippen LogP contribution in [0.15, 0.2) is 22.7 Å². The number of rotatable bonds is 1.